The first-order chi connectivity index (χ1) is 13.3. The van der Waals surface area contributed by atoms with Gasteiger partial charge in [-0.2, -0.15) is 0 Å². The number of piperidine rings is 1. The first-order valence-corrected chi connectivity index (χ1v) is 12.8. The van der Waals surface area contributed by atoms with Crippen molar-refractivity contribution in [1.29, 1.82) is 0 Å². The highest BCUT2D eigenvalue weighted by Gasteiger charge is 2.31. The molecule has 152 valence electrons. The lowest BCUT2D eigenvalue weighted by atomic mass is 9.97. The van der Waals surface area contributed by atoms with Gasteiger partial charge in [0, 0.05) is 19.0 Å². The van der Waals surface area contributed by atoms with Crippen molar-refractivity contribution >= 4 is 67.4 Å². The lowest BCUT2D eigenvalue weighted by Gasteiger charge is -2.30. The van der Waals surface area contributed by atoms with Gasteiger partial charge in [0.05, 0.1) is 15.8 Å². The molecule has 0 saturated carbocycles. The maximum absolute atomic E-state index is 12.7. The summed E-state index contributed by atoms with van der Waals surface area (Å²) in [5.74, 6) is -0.549. The predicted octanol–water partition coefficient (Wildman–Crippen LogP) is 3.75. The van der Waals surface area contributed by atoms with E-state index in [1.165, 1.54) is 27.4 Å². The van der Waals surface area contributed by atoms with Crippen LogP contribution in [0.15, 0.2) is 22.5 Å². The van der Waals surface area contributed by atoms with Crippen molar-refractivity contribution in [3.05, 3.63) is 33.8 Å². The Morgan fingerprint density at radius 1 is 1.29 bits per heavy atom. The molecular weight excluding hydrogens is 463 g/mol. The van der Waals surface area contributed by atoms with Gasteiger partial charge in [-0.05, 0) is 36.8 Å². The van der Waals surface area contributed by atoms with Gasteiger partial charge in [0.25, 0.3) is 0 Å². The molecule has 12 heteroatoms. The van der Waals surface area contributed by atoms with Gasteiger partial charge in [0.15, 0.2) is 4.34 Å². The van der Waals surface area contributed by atoms with E-state index in [1.807, 2.05) is 6.26 Å². The van der Waals surface area contributed by atoms with E-state index in [4.69, 9.17) is 23.2 Å². The number of sulfonamides is 1. The smallest absolute Gasteiger partial charge is 0.229 e. The van der Waals surface area contributed by atoms with Gasteiger partial charge >= 0.3 is 0 Å². The Balaban J connectivity index is 1.56. The fourth-order valence-corrected chi connectivity index (χ4v) is 5.92. The van der Waals surface area contributed by atoms with Gasteiger partial charge in [-0.1, -0.05) is 52.4 Å². The topological polar surface area (TPSA) is 92.3 Å². The van der Waals surface area contributed by atoms with Gasteiger partial charge in [0.2, 0.25) is 21.1 Å². The second-order valence-electron chi connectivity index (χ2n) is 6.24. The Bertz CT molecular complexity index is 960. The fourth-order valence-electron chi connectivity index (χ4n) is 2.88. The molecule has 0 aliphatic carbocycles. The number of benzene rings is 1. The molecule has 1 amide bonds. The maximum Gasteiger partial charge on any atom is 0.229 e. The van der Waals surface area contributed by atoms with Crippen molar-refractivity contribution in [2.45, 2.75) is 22.9 Å². The minimum absolute atomic E-state index is 0.148. The van der Waals surface area contributed by atoms with E-state index >= 15 is 0 Å². The summed E-state index contributed by atoms with van der Waals surface area (Å²) in [6, 6.07) is 4.80. The second-order valence-corrected chi connectivity index (χ2v) is 11.1. The number of hydrogen-bond donors (Lipinski definition) is 1. The number of thioether (sulfide) groups is 1. The first-order valence-electron chi connectivity index (χ1n) is 8.38. The summed E-state index contributed by atoms with van der Waals surface area (Å²) in [6.07, 6.45) is 2.81. The number of nitrogens with zero attached hydrogens (tertiary/aromatic N) is 3. The van der Waals surface area contributed by atoms with Crippen LogP contribution in [0.1, 0.15) is 18.4 Å². The highest BCUT2D eigenvalue weighted by atomic mass is 35.5. The van der Waals surface area contributed by atoms with Gasteiger partial charge < -0.3 is 5.32 Å². The lowest BCUT2D eigenvalue weighted by Crippen LogP contribution is -2.41. The molecule has 0 unspecified atom stereocenters. The number of carbonyl (C=O) groups is 1. The molecule has 2 aromatic rings. The first kappa shape index (κ1) is 21.8. The zero-order valence-corrected chi connectivity index (χ0v) is 18.9. The molecule has 0 radical (unpaired) electrons. The molecular formula is C16H18Cl2N4O3S3. The highest BCUT2D eigenvalue weighted by molar-refractivity contribution is 8.00. The van der Waals surface area contributed by atoms with Crippen molar-refractivity contribution in [2.24, 2.45) is 5.92 Å². The molecule has 1 aromatic heterocycles. The summed E-state index contributed by atoms with van der Waals surface area (Å²) in [6.45, 7) is 0.599. The fraction of sp³-hybridized carbons (Fsp3) is 0.438. The van der Waals surface area contributed by atoms with Crippen LogP contribution in [-0.2, 0) is 20.6 Å². The molecule has 1 fully saturated rings. The highest BCUT2D eigenvalue weighted by Crippen LogP contribution is 2.27. The van der Waals surface area contributed by atoms with Crippen LogP contribution in [0.2, 0.25) is 10.0 Å². The third kappa shape index (κ3) is 5.37. The Hall–Kier alpha value is -0.910. The standard InChI is InChI=1S/C16H18Cl2N4O3S3/c1-26-16-21-20-15(27-16)19-14(23)11-4-6-22(7-5-11)28(24,25)9-10-2-3-12(17)13(18)8-10/h2-3,8,11H,4-7,9H2,1H3,(H,19,20,23). The van der Waals surface area contributed by atoms with Crippen molar-refractivity contribution < 1.29 is 13.2 Å². The molecule has 0 atom stereocenters. The van der Waals surface area contributed by atoms with Crippen LogP contribution >= 0.6 is 46.3 Å². The normalized spacial score (nSPS) is 16.2. The third-order valence-electron chi connectivity index (χ3n) is 4.36. The van der Waals surface area contributed by atoms with E-state index in [2.05, 4.69) is 15.5 Å². The molecule has 0 bridgehead atoms. The van der Waals surface area contributed by atoms with E-state index in [-0.39, 0.29) is 17.6 Å². The third-order valence-corrected chi connectivity index (χ3v) is 8.77. The molecule has 3 rings (SSSR count). The van der Waals surface area contributed by atoms with Crippen molar-refractivity contribution in [3.63, 3.8) is 0 Å². The lowest BCUT2D eigenvalue weighted by molar-refractivity contribution is -0.120. The summed E-state index contributed by atoms with van der Waals surface area (Å²) in [4.78, 5) is 12.4. The van der Waals surface area contributed by atoms with E-state index in [1.54, 1.807) is 18.2 Å². The van der Waals surface area contributed by atoms with Crippen LogP contribution in [-0.4, -0.2) is 48.2 Å². The van der Waals surface area contributed by atoms with Crippen molar-refractivity contribution in [2.75, 3.05) is 24.7 Å². The zero-order chi connectivity index (χ0) is 20.3. The monoisotopic (exact) mass is 480 g/mol. The van der Waals surface area contributed by atoms with Crippen LogP contribution in [0.3, 0.4) is 0 Å². The molecule has 28 heavy (non-hydrogen) atoms. The van der Waals surface area contributed by atoms with Crippen LogP contribution < -0.4 is 5.32 Å². The van der Waals surface area contributed by atoms with Gasteiger partial charge in [-0.25, -0.2) is 12.7 Å². The van der Waals surface area contributed by atoms with E-state index in [0.717, 1.165) is 4.34 Å². The van der Waals surface area contributed by atoms with Gasteiger partial charge in [0.1, 0.15) is 0 Å². The van der Waals surface area contributed by atoms with Crippen LogP contribution in [0.25, 0.3) is 0 Å². The molecule has 1 aliphatic rings. The largest absolute Gasteiger partial charge is 0.300 e. The molecule has 0 spiro atoms. The summed E-state index contributed by atoms with van der Waals surface area (Å²) in [5, 5.41) is 11.8. The minimum atomic E-state index is -3.50. The summed E-state index contributed by atoms with van der Waals surface area (Å²) < 4.78 is 27.6. The predicted molar refractivity (Wildman–Crippen MR) is 114 cm³/mol. The number of anilines is 1. The number of nitrogens with one attached hydrogen (secondary N) is 1. The maximum atomic E-state index is 12.7. The molecule has 1 N–H and O–H groups in total. The average Bonchev–Trinajstić information content (AvgIpc) is 3.12. The van der Waals surface area contributed by atoms with Gasteiger partial charge in [-0.15, -0.1) is 10.2 Å². The van der Waals surface area contributed by atoms with E-state index < -0.39 is 10.0 Å². The van der Waals surface area contributed by atoms with Crippen LogP contribution in [0, 0.1) is 5.92 Å². The average molecular weight is 481 g/mol. The SMILES string of the molecule is CSc1nnc(NC(=O)C2CCN(S(=O)(=O)Cc3ccc(Cl)c(Cl)c3)CC2)s1. The van der Waals surface area contributed by atoms with Crippen molar-refractivity contribution in [3.8, 4) is 0 Å². The summed E-state index contributed by atoms with van der Waals surface area (Å²) >= 11 is 14.6. The molecule has 1 aromatic carbocycles. The number of hydrogen-bond acceptors (Lipinski definition) is 7. The van der Waals surface area contributed by atoms with Crippen molar-refractivity contribution in [1.82, 2.24) is 14.5 Å². The Morgan fingerprint density at radius 3 is 2.61 bits per heavy atom. The summed E-state index contributed by atoms with van der Waals surface area (Å²) in [7, 11) is -3.50. The van der Waals surface area contributed by atoms with Gasteiger partial charge in [-0.3, -0.25) is 4.79 Å². The number of amides is 1. The number of aromatic nitrogens is 2. The number of rotatable bonds is 6. The molecule has 1 aliphatic heterocycles. The molecule has 1 saturated heterocycles. The Kier molecular flexibility index (Phi) is 7.21. The minimum Gasteiger partial charge on any atom is -0.300 e. The Labute approximate surface area is 181 Å². The van der Waals surface area contributed by atoms with E-state index in [0.29, 0.717) is 46.7 Å². The quantitative estimate of drug-likeness (QED) is 0.499. The number of halogens is 2. The summed E-state index contributed by atoms with van der Waals surface area (Å²) in [5.41, 5.74) is 0.579. The molecule has 7 nitrogen and oxygen atoms in total. The molecule has 2 heterocycles. The zero-order valence-electron chi connectivity index (χ0n) is 14.9. The Morgan fingerprint density at radius 2 is 2.00 bits per heavy atom. The van der Waals surface area contributed by atoms with Crippen LogP contribution in [0.4, 0.5) is 5.13 Å². The van der Waals surface area contributed by atoms with E-state index in [9.17, 15) is 13.2 Å². The number of carbonyl (C=O) groups excluding carboxylic acids is 1. The second kappa shape index (κ2) is 9.27. The van der Waals surface area contributed by atoms with Crippen LogP contribution in [0.5, 0.6) is 0 Å².